The van der Waals surface area contributed by atoms with Crippen LogP contribution in [0.5, 0.6) is 0 Å². The molecule has 3 aromatic rings. The van der Waals surface area contributed by atoms with Crippen LogP contribution in [-0.2, 0) is 20.5 Å². The summed E-state index contributed by atoms with van der Waals surface area (Å²) in [5, 5.41) is 1.60. The fourth-order valence-corrected chi connectivity index (χ4v) is 6.01. The van der Waals surface area contributed by atoms with Crippen molar-refractivity contribution in [2.75, 3.05) is 26.3 Å². The van der Waals surface area contributed by atoms with E-state index in [2.05, 4.69) is 24.9 Å². The van der Waals surface area contributed by atoms with Crippen LogP contribution in [0.25, 0.3) is 11.0 Å². The summed E-state index contributed by atoms with van der Waals surface area (Å²) in [5.74, 6) is 0.875. The SMILES string of the molecule is Cc1cc2oc(=O)cc(CSc3ccc(S(=O)(=O)N4CCOCC4)cn3)c2cc1C(C)C. The van der Waals surface area contributed by atoms with Crippen LogP contribution in [0.1, 0.15) is 36.5 Å². The monoisotopic (exact) mass is 474 g/mol. The lowest BCUT2D eigenvalue weighted by Crippen LogP contribution is -2.40. The highest BCUT2D eigenvalue weighted by Gasteiger charge is 2.26. The largest absolute Gasteiger partial charge is 0.423 e. The number of aryl methyl sites for hydroxylation is 1. The van der Waals surface area contributed by atoms with Crippen molar-refractivity contribution in [3.8, 4) is 0 Å². The van der Waals surface area contributed by atoms with Gasteiger partial charge in [0.25, 0.3) is 0 Å². The van der Waals surface area contributed by atoms with Gasteiger partial charge in [-0.05, 0) is 53.8 Å². The predicted molar refractivity (Wildman–Crippen MR) is 125 cm³/mol. The fourth-order valence-electron chi connectivity index (χ4n) is 3.83. The molecule has 1 saturated heterocycles. The molecule has 0 N–H and O–H groups in total. The van der Waals surface area contributed by atoms with Crippen molar-refractivity contribution in [2.45, 2.75) is 42.4 Å². The lowest BCUT2D eigenvalue weighted by Gasteiger charge is -2.25. The van der Waals surface area contributed by atoms with E-state index >= 15 is 0 Å². The minimum Gasteiger partial charge on any atom is -0.423 e. The van der Waals surface area contributed by atoms with Crippen molar-refractivity contribution >= 4 is 32.8 Å². The van der Waals surface area contributed by atoms with Crippen LogP contribution in [-0.4, -0.2) is 44.0 Å². The molecular weight excluding hydrogens is 448 g/mol. The first-order valence-corrected chi connectivity index (χ1v) is 12.9. The maximum Gasteiger partial charge on any atom is 0.336 e. The summed E-state index contributed by atoms with van der Waals surface area (Å²) in [4.78, 5) is 16.6. The molecular formula is C23H26N2O5S2. The van der Waals surface area contributed by atoms with Gasteiger partial charge in [-0.3, -0.25) is 0 Å². The number of aromatic nitrogens is 1. The van der Waals surface area contributed by atoms with Crippen LogP contribution in [0.4, 0.5) is 0 Å². The Hall–Kier alpha value is -2.20. The van der Waals surface area contributed by atoms with E-state index in [4.69, 9.17) is 9.15 Å². The van der Waals surface area contributed by atoms with Crippen molar-refractivity contribution < 1.29 is 17.6 Å². The van der Waals surface area contributed by atoms with Gasteiger partial charge < -0.3 is 9.15 Å². The molecule has 0 amide bonds. The van der Waals surface area contributed by atoms with Crippen molar-refractivity contribution in [3.63, 3.8) is 0 Å². The van der Waals surface area contributed by atoms with Crippen molar-refractivity contribution in [1.82, 2.24) is 9.29 Å². The number of nitrogens with zero attached hydrogens (tertiary/aromatic N) is 2. The van der Waals surface area contributed by atoms with Crippen molar-refractivity contribution in [1.29, 1.82) is 0 Å². The molecule has 0 bridgehead atoms. The Balaban J connectivity index is 1.56. The maximum atomic E-state index is 12.8. The van der Waals surface area contributed by atoms with E-state index in [-0.39, 0.29) is 10.5 Å². The summed E-state index contributed by atoms with van der Waals surface area (Å²) >= 11 is 1.45. The molecule has 0 radical (unpaired) electrons. The molecule has 4 rings (SSSR count). The summed E-state index contributed by atoms with van der Waals surface area (Å²) in [5.41, 5.74) is 3.38. The second-order valence-electron chi connectivity index (χ2n) is 8.09. The van der Waals surface area contributed by atoms with Gasteiger partial charge in [-0.2, -0.15) is 4.31 Å². The normalized spacial score (nSPS) is 15.5. The van der Waals surface area contributed by atoms with Gasteiger partial charge in [-0.15, -0.1) is 11.8 Å². The third kappa shape index (κ3) is 4.76. The van der Waals surface area contributed by atoms with Crippen LogP contribution in [0.2, 0.25) is 0 Å². The van der Waals surface area contributed by atoms with E-state index in [0.29, 0.717) is 48.6 Å². The molecule has 0 aliphatic carbocycles. The Morgan fingerprint density at radius 2 is 1.91 bits per heavy atom. The van der Waals surface area contributed by atoms with E-state index < -0.39 is 10.0 Å². The van der Waals surface area contributed by atoms with Crippen LogP contribution in [0, 0.1) is 6.92 Å². The topological polar surface area (TPSA) is 89.7 Å². The Morgan fingerprint density at radius 1 is 1.16 bits per heavy atom. The zero-order chi connectivity index (χ0) is 22.9. The molecule has 1 aromatic carbocycles. The number of ether oxygens (including phenoxy) is 1. The number of hydrogen-bond donors (Lipinski definition) is 0. The lowest BCUT2D eigenvalue weighted by atomic mass is 9.95. The predicted octanol–water partition coefficient (Wildman–Crippen LogP) is 3.93. The first kappa shape index (κ1) is 23.0. The molecule has 1 fully saturated rings. The molecule has 0 unspecified atom stereocenters. The number of fused-ring (bicyclic) bond motifs is 1. The average Bonchev–Trinajstić information content (AvgIpc) is 2.77. The van der Waals surface area contributed by atoms with Gasteiger partial charge in [0.1, 0.15) is 10.5 Å². The Bertz CT molecular complexity index is 1280. The van der Waals surface area contributed by atoms with Crippen molar-refractivity contribution in [3.05, 3.63) is 63.6 Å². The average molecular weight is 475 g/mol. The second kappa shape index (κ2) is 9.35. The highest BCUT2D eigenvalue weighted by molar-refractivity contribution is 7.98. The molecule has 0 saturated carbocycles. The van der Waals surface area contributed by atoms with Gasteiger partial charge in [-0.1, -0.05) is 13.8 Å². The van der Waals surface area contributed by atoms with Gasteiger partial charge >= 0.3 is 5.63 Å². The molecule has 1 aliphatic heterocycles. The molecule has 3 heterocycles. The van der Waals surface area contributed by atoms with E-state index in [1.807, 2.05) is 13.0 Å². The zero-order valence-corrected chi connectivity index (χ0v) is 20.0. The zero-order valence-electron chi connectivity index (χ0n) is 18.3. The maximum absolute atomic E-state index is 12.8. The summed E-state index contributed by atoms with van der Waals surface area (Å²) < 4.78 is 37.6. The van der Waals surface area contributed by atoms with E-state index in [9.17, 15) is 13.2 Å². The fraction of sp³-hybridized carbons (Fsp3) is 0.391. The van der Waals surface area contributed by atoms with Crippen LogP contribution in [0.15, 0.2) is 55.7 Å². The van der Waals surface area contributed by atoms with Crippen LogP contribution < -0.4 is 5.63 Å². The first-order valence-electron chi connectivity index (χ1n) is 10.5. The number of rotatable bonds is 6. The highest BCUT2D eigenvalue weighted by atomic mass is 32.2. The first-order chi connectivity index (χ1) is 15.3. The number of morpholine rings is 1. The summed E-state index contributed by atoms with van der Waals surface area (Å²) in [6, 6.07) is 8.82. The summed E-state index contributed by atoms with van der Waals surface area (Å²) in [6.45, 7) is 7.79. The minimum atomic E-state index is -3.57. The lowest BCUT2D eigenvalue weighted by molar-refractivity contribution is 0.0730. The van der Waals surface area contributed by atoms with Crippen LogP contribution >= 0.6 is 11.8 Å². The molecule has 2 aromatic heterocycles. The number of sulfonamides is 1. The number of thioether (sulfide) groups is 1. The third-order valence-corrected chi connectivity index (χ3v) is 8.41. The quantitative estimate of drug-likeness (QED) is 0.395. The highest BCUT2D eigenvalue weighted by Crippen LogP contribution is 2.30. The van der Waals surface area contributed by atoms with Gasteiger partial charge in [0.05, 0.1) is 18.2 Å². The Kier molecular flexibility index (Phi) is 6.71. The van der Waals surface area contributed by atoms with Gasteiger partial charge in [0, 0.05) is 36.5 Å². The number of pyridine rings is 1. The smallest absolute Gasteiger partial charge is 0.336 e. The minimum absolute atomic E-state index is 0.173. The second-order valence-corrected chi connectivity index (χ2v) is 11.0. The summed E-state index contributed by atoms with van der Waals surface area (Å²) in [7, 11) is -3.57. The van der Waals surface area contributed by atoms with Gasteiger partial charge in [0.15, 0.2) is 0 Å². The Labute approximate surface area is 191 Å². The molecule has 0 spiro atoms. The van der Waals surface area contributed by atoms with E-state index in [1.165, 1.54) is 33.9 Å². The Morgan fingerprint density at radius 3 is 2.56 bits per heavy atom. The van der Waals surface area contributed by atoms with E-state index in [0.717, 1.165) is 16.5 Å². The van der Waals surface area contributed by atoms with Crippen molar-refractivity contribution in [2.24, 2.45) is 0 Å². The molecule has 9 heteroatoms. The molecule has 32 heavy (non-hydrogen) atoms. The third-order valence-electron chi connectivity index (χ3n) is 5.53. The van der Waals surface area contributed by atoms with Gasteiger partial charge in [0.2, 0.25) is 10.0 Å². The molecule has 170 valence electrons. The standard InChI is InChI=1S/C23H26N2O5S2/c1-15(2)19-12-20-17(11-23(26)30-21(20)10-16(19)3)14-31-22-5-4-18(13-24-22)32(27,28)25-6-8-29-9-7-25/h4-5,10-13,15H,6-9,14H2,1-3H3. The number of hydrogen-bond acceptors (Lipinski definition) is 7. The molecule has 0 atom stereocenters. The molecule has 7 nitrogen and oxygen atoms in total. The van der Waals surface area contributed by atoms with Gasteiger partial charge in [-0.25, -0.2) is 18.2 Å². The summed E-state index contributed by atoms with van der Waals surface area (Å²) in [6.07, 6.45) is 1.39. The molecule has 1 aliphatic rings. The van der Waals surface area contributed by atoms with Crippen LogP contribution in [0.3, 0.4) is 0 Å². The van der Waals surface area contributed by atoms with E-state index in [1.54, 1.807) is 12.1 Å². The number of benzene rings is 1.